The number of hydrogen-bond donors (Lipinski definition) is 3. The molecule has 0 radical (unpaired) electrons. The summed E-state index contributed by atoms with van der Waals surface area (Å²) in [6.45, 7) is 13.0. The predicted octanol–water partition coefficient (Wildman–Crippen LogP) is 0.116. The summed E-state index contributed by atoms with van der Waals surface area (Å²) in [7, 11) is 1.68. The summed E-state index contributed by atoms with van der Waals surface area (Å²) in [5.74, 6) is 2.01. The first kappa shape index (κ1) is 22.0. The molecule has 0 spiro atoms. The van der Waals surface area contributed by atoms with Crippen molar-refractivity contribution in [3.8, 4) is 0 Å². The Labute approximate surface area is 178 Å². The maximum absolute atomic E-state index is 5.53. The maximum atomic E-state index is 5.53. The Bertz CT molecular complexity index is 785. The van der Waals surface area contributed by atoms with Gasteiger partial charge in [0.2, 0.25) is 5.96 Å². The topological polar surface area (TPSA) is 115 Å². The predicted molar refractivity (Wildman–Crippen MR) is 122 cm³/mol. The summed E-state index contributed by atoms with van der Waals surface area (Å²) in [6, 6.07) is 0.375. The van der Waals surface area contributed by atoms with Gasteiger partial charge in [-0.3, -0.25) is 5.01 Å². The van der Waals surface area contributed by atoms with E-state index in [4.69, 9.17) is 25.6 Å². The maximum Gasteiger partial charge on any atom is 0.223 e. The van der Waals surface area contributed by atoms with Gasteiger partial charge in [-0.2, -0.15) is 10.1 Å². The second kappa shape index (κ2) is 9.86. The summed E-state index contributed by atoms with van der Waals surface area (Å²) in [5, 5.41) is 13.6. The summed E-state index contributed by atoms with van der Waals surface area (Å²) < 4.78 is 5.27. The lowest BCUT2D eigenvalue weighted by Gasteiger charge is -2.40. The smallest absolute Gasteiger partial charge is 0.223 e. The minimum atomic E-state index is -0.152. The highest BCUT2D eigenvalue weighted by Gasteiger charge is 2.43. The molecule has 3 heterocycles. The fourth-order valence-corrected chi connectivity index (χ4v) is 3.85. The molecule has 10 nitrogen and oxygen atoms in total. The number of nitrogens with one attached hydrogen (secondary N) is 2. The largest absolute Gasteiger partial charge is 0.390 e. The molecule has 0 aromatic rings. The van der Waals surface area contributed by atoms with E-state index in [-0.39, 0.29) is 18.1 Å². The molecule has 0 amide bonds. The lowest BCUT2D eigenvalue weighted by atomic mass is 10.0. The van der Waals surface area contributed by atoms with E-state index in [9.17, 15) is 0 Å². The van der Waals surface area contributed by atoms with Crippen LogP contribution >= 0.6 is 0 Å². The van der Waals surface area contributed by atoms with Crippen LogP contribution in [0.3, 0.4) is 0 Å². The molecule has 164 valence electrons. The number of rotatable bonds is 6. The van der Waals surface area contributed by atoms with Gasteiger partial charge in [-0.05, 0) is 26.8 Å². The van der Waals surface area contributed by atoms with E-state index in [2.05, 4.69) is 41.0 Å². The monoisotopic (exact) mass is 415 g/mol. The minimum absolute atomic E-state index is 0.124. The van der Waals surface area contributed by atoms with Crippen molar-refractivity contribution in [3.63, 3.8) is 0 Å². The van der Waals surface area contributed by atoms with E-state index < -0.39 is 0 Å². The summed E-state index contributed by atoms with van der Waals surface area (Å²) >= 11 is 0. The quantitative estimate of drug-likeness (QED) is 0.322. The molecule has 0 bridgehead atoms. The van der Waals surface area contributed by atoms with Gasteiger partial charge < -0.3 is 26.0 Å². The fourth-order valence-electron chi connectivity index (χ4n) is 3.85. The average molecular weight is 416 g/mol. The van der Waals surface area contributed by atoms with Crippen LogP contribution in [-0.4, -0.2) is 91.3 Å². The Balaban J connectivity index is 1.97. The third-order valence-electron chi connectivity index (χ3n) is 5.38. The van der Waals surface area contributed by atoms with E-state index in [0.29, 0.717) is 25.0 Å². The number of hydrogen-bond acceptors (Lipinski definition) is 9. The normalized spacial score (nSPS) is 29.5. The molecule has 3 aliphatic rings. The molecule has 0 saturated carbocycles. The van der Waals surface area contributed by atoms with Crippen molar-refractivity contribution in [1.29, 1.82) is 0 Å². The third kappa shape index (κ3) is 4.71. The van der Waals surface area contributed by atoms with Gasteiger partial charge in [0.25, 0.3) is 0 Å². The van der Waals surface area contributed by atoms with Gasteiger partial charge in [0.1, 0.15) is 23.7 Å². The molecule has 0 aromatic carbocycles. The molecular formula is C20H33N9O. The number of nitrogens with zero attached hydrogens (tertiary/aromatic N) is 6. The highest BCUT2D eigenvalue weighted by atomic mass is 16.5. The molecule has 0 aliphatic carbocycles. The molecule has 3 aliphatic heterocycles. The van der Waals surface area contributed by atoms with Crippen LogP contribution in [0.25, 0.3) is 0 Å². The van der Waals surface area contributed by atoms with E-state index in [1.54, 1.807) is 19.3 Å². The molecule has 2 unspecified atom stereocenters. The van der Waals surface area contributed by atoms with Gasteiger partial charge in [-0.1, -0.05) is 12.7 Å². The number of aliphatic imine (C=N–C) groups is 3. The fraction of sp³-hybridized carbons (Fsp3) is 0.600. The lowest BCUT2D eigenvalue weighted by molar-refractivity contribution is 0.144. The van der Waals surface area contributed by atoms with E-state index in [1.165, 1.54) is 6.34 Å². The van der Waals surface area contributed by atoms with Crippen molar-refractivity contribution in [2.24, 2.45) is 25.8 Å². The SMILES string of the molecule is C=C/C=C(\N=CN)NC1=NC(N2C[C@@H](C)NC[C@@H]2C)=NC2C(C)=NN(CCOC)C12. The molecule has 1 fully saturated rings. The first-order valence-electron chi connectivity index (χ1n) is 10.3. The average Bonchev–Trinajstić information content (AvgIpc) is 3.04. The second-order valence-electron chi connectivity index (χ2n) is 7.71. The summed E-state index contributed by atoms with van der Waals surface area (Å²) in [6.07, 6.45) is 4.66. The van der Waals surface area contributed by atoms with Gasteiger partial charge in [-0.15, -0.1) is 0 Å². The van der Waals surface area contributed by atoms with Gasteiger partial charge >= 0.3 is 0 Å². The number of allylic oxidation sites excluding steroid dienone is 2. The minimum Gasteiger partial charge on any atom is -0.390 e. The zero-order chi connectivity index (χ0) is 21.7. The Hall–Kier alpha value is -2.72. The zero-order valence-corrected chi connectivity index (χ0v) is 18.2. The first-order valence-corrected chi connectivity index (χ1v) is 10.3. The van der Waals surface area contributed by atoms with Crippen molar-refractivity contribution in [3.05, 3.63) is 24.6 Å². The molecular weight excluding hydrogens is 382 g/mol. The number of fused-ring (bicyclic) bond motifs is 1. The van der Waals surface area contributed by atoms with Crippen LogP contribution in [0.15, 0.2) is 44.6 Å². The number of methoxy groups -OCH3 is 1. The molecule has 10 heteroatoms. The summed E-state index contributed by atoms with van der Waals surface area (Å²) in [4.78, 5) is 16.4. The Kier molecular flexibility index (Phi) is 7.22. The molecule has 1 saturated heterocycles. The first-order chi connectivity index (χ1) is 14.5. The molecule has 0 aromatic heterocycles. The van der Waals surface area contributed by atoms with Crippen LogP contribution in [0.2, 0.25) is 0 Å². The number of piperazine rings is 1. The number of hydrazone groups is 1. The van der Waals surface area contributed by atoms with Crippen LogP contribution in [0, 0.1) is 0 Å². The van der Waals surface area contributed by atoms with Crippen LogP contribution in [0.5, 0.6) is 0 Å². The van der Waals surface area contributed by atoms with Crippen LogP contribution < -0.4 is 16.4 Å². The zero-order valence-electron chi connectivity index (χ0n) is 18.2. The number of nitrogens with two attached hydrogens (primary N) is 1. The van der Waals surface area contributed by atoms with Gasteiger partial charge in [0.05, 0.1) is 25.2 Å². The van der Waals surface area contributed by atoms with Crippen molar-refractivity contribution in [2.75, 3.05) is 33.4 Å². The highest BCUT2D eigenvalue weighted by Crippen LogP contribution is 2.25. The molecule has 4 atom stereocenters. The summed E-state index contributed by atoms with van der Waals surface area (Å²) in [5.41, 5.74) is 6.48. The van der Waals surface area contributed by atoms with Crippen molar-refractivity contribution in [2.45, 2.75) is 44.9 Å². The van der Waals surface area contributed by atoms with Crippen LogP contribution in [0.1, 0.15) is 20.8 Å². The second-order valence-corrected chi connectivity index (χ2v) is 7.71. The Morgan fingerprint density at radius 1 is 1.47 bits per heavy atom. The van der Waals surface area contributed by atoms with Crippen LogP contribution in [-0.2, 0) is 4.74 Å². The molecule has 4 N–H and O–H groups in total. The van der Waals surface area contributed by atoms with E-state index in [1.807, 2.05) is 11.9 Å². The third-order valence-corrected chi connectivity index (χ3v) is 5.38. The van der Waals surface area contributed by atoms with E-state index in [0.717, 1.165) is 30.6 Å². The lowest BCUT2D eigenvalue weighted by Crippen LogP contribution is -2.59. The van der Waals surface area contributed by atoms with Crippen molar-refractivity contribution in [1.82, 2.24) is 20.5 Å². The number of guanidine groups is 1. The number of amidine groups is 1. The Morgan fingerprint density at radius 2 is 2.27 bits per heavy atom. The van der Waals surface area contributed by atoms with Gasteiger partial charge in [0, 0.05) is 32.3 Å². The number of ether oxygens (including phenoxy) is 1. The molecule has 30 heavy (non-hydrogen) atoms. The Morgan fingerprint density at radius 3 is 2.97 bits per heavy atom. The highest BCUT2D eigenvalue weighted by molar-refractivity contribution is 6.08. The van der Waals surface area contributed by atoms with E-state index >= 15 is 0 Å². The van der Waals surface area contributed by atoms with Crippen LogP contribution in [0.4, 0.5) is 0 Å². The van der Waals surface area contributed by atoms with Gasteiger partial charge in [0.15, 0.2) is 0 Å². The van der Waals surface area contributed by atoms with Gasteiger partial charge in [-0.25, -0.2) is 9.98 Å². The molecule has 3 rings (SSSR count). The van der Waals surface area contributed by atoms with Crippen molar-refractivity contribution >= 4 is 23.8 Å². The van der Waals surface area contributed by atoms with Crippen molar-refractivity contribution < 1.29 is 4.74 Å². The standard InChI is InChI=1S/C20H33N9O/c1-6-7-16(23-12-21)24-19-18-17(15(4)27-29(18)8-9-30-5)25-20(26-19)28-11-13(2)22-10-14(28)3/h6-7,12-14,17-18,22H,1,8-11H2,2-5H3,(H2,21,23)(H,24,25,26)/b16-7+/t13-,14+,17?,18?/m1/s1.